The molecule has 2 aliphatic rings. The van der Waals surface area contributed by atoms with Gasteiger partial charge in [0.1, 0.15) is 5.75 Å². The third-order valence-corrected chi connectivity index (χ3v) is 6.25. The van der Waals surface area contributed by atoms with Crippen molar-refractivity contribution in [2.75, 3.05) is 26.7 Å². The Kier molecular flexibility index (Phi) is 6.18. The minimum Gasteiger partial charge on any atom is -0.497 e. The van der Waals surface area contributed by atoms with E-state index in [4.69, 9.17) is 9.84 Å². The lowest BCUT2D eigenvalue weighted by atomic mass is 9.97. The molecule has 4 rings (SSSR count). The van der Waals surface area contributed by atoms with Crippen LogP contribution in [0.4, 0.5) is 0 Å². The van der Waals surface area contributed by atoms with Crippen molar-refractivity contribution in [1.29, 1.82) is 0 Å². The smallest absolute Gasteiger partial charge is 0.257 e. The molecule has 5 nitrogen and oxygen atoms in total. The van der Waals surface area contributed by atoms with Gasteiger partial charge >= 0.3 is 0 Å². The van der Waals surface area contributed by atoms with Crippen molar-refractivity contribution in [3.8, 4) is 5.75 Å². The first-order chi connectivity index (χ1) is 14.5. The summed E-state index contributed by atoms with van der Waals surface area (Å²) in [4.78, 5) is 15.6. The van der Waals surface area contributed by atoms with Gasteiger partial charge in [-0.3, -0.25) is 9.69 Å². The molecule has 2 heterocycles. The van der Waals surface area contributed by atoms with Gasteiger partial charge in [-0.15, -0.1) is 0 Å². The zero-order chi connectivity index (χ0) is 21.1. The zero-order valence-corrected chi connectivity index (χ0v) is 18.2. The van der Waals surface area contributed by atoms with Crippen LogP contribution in [0, 0.1) is 12.8 Å². The molecule has 0 N–H and O–H groups in total. The van der Waals surface area contributed by atoms with E-state index < -0.39 is 0 Å². The van der Waals surface area contributed by atoms with Crippen molar-refractivity contribution >= 4 is 11.6 Å². The summed E-state index contributed by atoms with van der Waals surface area (Å²) >= 11 is 0. The summed E-state index contributed by atoms with van der Waals surface area (Å²) in [6.07, 6.45) is 3.04. The van der Waals surface area contributed by atoms with Gasteiger partial charge in [0.05, 0.1) is 25.4 Å². The molecule has 1 atom stereocenters. The molecule has 2 aromatic carbocycles. The number of carbonyl (C=O) groups excluding carboxylic acids is 1. The van der Waals surface area contributed by atoms with E-state index in [0.29, 0.717) is 6.54 Å². The molecule has 0 bridgehead atoms. The van der Waals surface area contributed by atoms with Crippen LogP contribution < -0.4 is 4.74 Å². The van der Waals surface area contributed by atoms with Crippen molar-refractivity contribution in [2.45, 2.75) is 39.2 Å². The summed E-state index contributed by atoms with van der Waals surface area (Å²) in [5.74, 6) is 1.64. The molecule has 2 aliphatic heterocycles. The Morgan fingerprint density at radius 1 is 1.13 bits per heavy atom. The Bertz CT molecular complexity index is 914. The van der Waals surface area contributed by atoms with E-state index in [2.05, 4.69) is 43.0 Å². The van der Waals surface area contributed by atoms with Crippen LogP contribution in [0.1, 0.15) is 48.9 Å². The number of rotatable bonds is 5. The first-order valence-corrected chi connectivity index (χ1v) is 10.9. The van der Waals surface area contributed by atoms with Gasteiger partial charge in [-0.05, 0) is 62.0 Å². The van der Waals surface area contributed by atoms with E-state index in [1.54, 1.807) is 12.1 Å². The fraction of sp³-hybridized carbons (Fsp3) is 0.440. The number of hydrazone groups is 1. The van der Waals surface area contributed by atoms with Gasteiger partial charge in [0.15, 0.2) is 0 Å². The van der Waals surface area contributed by atoms with Gasteiger partial charge in [-0.25, -0.2) is 5.01 Å². The maximum Gasteiger partial charge on any atom is 0.257 e. The highest BCUT2D eigenvalue weighted by atomic mass is 16.5. The number of ether oxygens (including phenoxy) is 1. The molecular weight excluding hydrogens is 374 g/mol. The topological polar surface area (TPSA) is 45.1 Å². The molecular formula is C25H31N3O2. The summed E-state index contributed by atoms with van der Waals surface area (Å²) in [5.41, 5.74) is 4.35. The van der Waals surface area contributed by atoms with Gasteiger partial charge < -0.3 is 4.74 Å². The van der Waals surface area contributed by atoms with E-state index >= 15 is 0 Å². The molecule has 158 valence electrons. The van der Waals surface area contributed by atoms with Gasteiger partial charge in [0.2, 0.25) is 0 Å². The number of amides is 1. The number of hydrogen-bond donors (Lipinski definition) is 0. The number of likely N-dealkylation sites (tertiary alicyclic amines) is 1. The normalized spacial score (nSPS) is 20.3. The van der Waals surface area contributed by atoms with E-state index in [-0.39, 0.29) is 11.9 Å². The average Bonchev–Trinajstić information content (AvgIpc) is 3.21. The highest BCUT2D eigenvalue weighted by molar-refractivity contribution is 6.03. The fourth-order valence-corrected chi connectivity index (χ4v) is 4.31. The van der Waals surface area contributed by atoms with Crippen LogP contribution in [-0.4, -0.2) is 48.3 Å². The quantitative estimate of drug-likeness (QED) is 0.740. The van der Waals surface area contributed by atoms with Crippen LogP contribution in [0.15, 0.2) is 53.6 Å². The first-order valence-electron chi connectivity index (χ1n) is 10.9. The summed E-state index contributed by atoms with van der Waals surface area (Å²) in [6, 6.07) is 16.3. The van der Waals surface area contributed by atoms with E-state index in [1.807, 2.05) is 24.3 Å². The Morgan fingerprint density at radius 3 is 2.53 bits per heavy atom. The van der Waals surface area contributed by atoms with E-state index in [1.165, 1.54) is 5.56 Å². The molecule has 0 unspecified atom stereocenters. The van der Waals surface area contributed by atoms with Crippen LogP contribution in [-0.2, 0) is 4.79 Å². The molecule has 0 aliphatic carbocycles. The van der Waals surface area contributed by atoms with Crippen LogP contribution in [0.3, 0.4) is 0 Å². The molecule has 0 spiro atoms. The Morgan fingerprint density at radius 2 is 1.87 bits per heavy atom. The second-order valence-electron chi connectivity index (χ2n) is 8.61. The molecule has 1 amide bonds. The molecule has 1 fully saturated rings. The predicted octanol–water partition coefficient (Wildman–Crippen LogP) is 4.41. The largest absolute Gasteiger partial charge is 0.497 e. The molecule has 30 heavy (non-hydrogen) atoms. The van der Waals surface area contributed by atoms with Gasteiger partial charge in [0.25, 0.3) is 5.91 Å². The number of aryl methyl sites for hydroxylation is 1. The van der Waals surface area contributed by atoms with Crippen LogP contribution >= 0.6 is 0 Å². The number of hydrogen-bond acceptors (Lipinski definition) is 4. The molecule has 5 heteroatoms. The third kappa shape index (κ3) is 4.57. The lowest BCUT2D eigenvalue weighted by Gasteiger charge is -2.31. The summed E-state index contributed by atoms with van der Waals surface area (Å²) < 4.78 is 5.30. The van der Waals surface area contributed by atoms with E-state index in [0.717, 1.165) is 60.9 Å². The number of methoxy groups -OCH3 is 1. The van der Waals surface area contributed by atoms with Crippen LogP contribution in [0.25, 0.3) is 0 Å². The second kappa shape index (κ2) is 9.00. The predicted molar refractivity (Wildman–Crippen MR) is 120 cm³/mol. The van der Waals surface area contributed by atoms with Gasteiger partial charge in [0, 0.05) is 6.42 Å². The Hall–Kier alpha value is -2.66. The first kappa shape index (κ1) is 20.6. The van der Waals surface area contributed by atoms with Crippen molar-refractivity contribution in [1.82, 2.24) is 9.91 Å². The Labute approximate surface area is 179 Å². The molecule has 0 aromatic heterocycles. The minimum absolute atomic E-state index is 0.0769. The van der Waals surface area contributed by atoms with Crippen molar-refractivity contribution < 1.29 is 9.53 Å². The summed E-state index contributed by atoms with van der Waals surface area (Å²) in [5, 5.41) is 6.54. The highest BCUT2D eigenvalue weighted by Crippen LogP contribution is 2.34. The lowest BCUT2D eigenvalue weighted by Crippen LogP contribution is -2.41. The average molecular weight is 406 g/mol. The number of carbonyl (C=O) groups is 1. The summed E-state index contributed by atoms with van der Waals surface area (Å²) in [7, 11) is 1.67. The number of piperidine rings is 1. The molecule has 0 radical (unpaired) electrons. The number of nitrogens with zero attached hydrogens (tertiary/aromatic N) is 3. The molecule has 0 saturated carbocycles. The maximum atomic E-state index is 13.3. The van der Waals surface area contributed by atoms with Gasteiger partial charge in [-0.2, -0.15) is 5.10 Å². The van der Waals surface area contributed by atoms with Crippen LogP contribution in [0.5, 0.6) is 5.75 Å². The Balaban J connectivity index is 1.58. The second-order valence-corrected chi connectivity index (χ2v) is 8.61. The highest BCUT2D eigenvalue weighted by Gasteiger charge is 2.34. The van der Waals surface area contributed by atoms with Crippen LogP contribution in [0.2, 0.25) is 0 Å². The fourth-order valence-electron chi connectivity index (χ4n) is 4.31. The monoisotopic (exact) mass is 405 g/mol. The van der Waals surface area contributed by atoms with E-state index in [9.17, 15) is 4.79 Å². The molecule has 1 saturated heterocycles. The van der Waals surface area contributed by atoms with Gasteiger partial charge in [-0.1, -0.05) is 48.9 Å². The molecule has 2 aromatic rings. The zero-order valence-electron chi connectivity index (χ0n) is 18.2. The maximum absolute atomic E-state index is 13.3. The standard InChI is InChI=1S/C25H31N3O2/c1-18-11-13-27(14-12-18)17-25(29)28-24(20-7-9-22(30-3)10-8-20)16-23(26-28)21-6-4-5-19(2)15-21/h4-10,15,18,24H,11-14,16-17H2,1-3H3/t24-/m0/s1. The van der Waals surface area contributed by atoms with Crippen molar-refractivity contribution in [3.63, 3.8) is 0 Å². The number of benzene rings is 2. The minimum atomic E-state index is -0.0809. The van der Waals surface area contributed by atoms with Crippen molar-refractivity contribution in [2.24, 2.45) is 11.0 Å². The SMILES string of the molecule is COc1ccc([C@@H]2CC(c3cccc(C)c3)=NN2C(=O)CN2CCC(C)CC2)cc1. The summed E-state index contributed by atoms with van der Waals surface area (Å²) in [6.45, 7) is 6.78. The third-order valence-electron chi connectivity index (χ3n) is 6.25. The van der Waals surface area contributed by atoms with Crippen molar-refractivity contribution in [3.05, 3.63) is 65.2 Å². The lowest BCUT2D eigenvalue weighted by molar-refractivity contribution is -0.134.